The quantitative estimate of drug-likeness (QED) is 0.731. The fraction of sp³-hybridized carbons (Fsp3) is 0.625. The Kier molecular flexibility index (Phi) is 5.23. The smallest absolute Gasteiger partial charge is 0.0641 e. The van der Waals surface area contributed by atoms with Crippen LogP contribution in [0.25, 0.3) is 0 Å². The van der Waals surface area contributed by atoms with Gasteiger partial charge in [0.1, 0.15) is 0 Å². The van der Waals surface area contributed by atoms with Crippen molar-refractivity contribution in [1.29, 1.82) is 0 Å². The van der Waals surface area contributed by atoms with Crippen LogP contribution in [0.15, 0.2) is 24.3 Å². The minimum atomic E-state index is 0.222. The summed E-state index contributed by atoms with van der Waals surface area (Å²) < 4.78 is 5.67. The first-order chi connectivity index (χ1) is 9.15. The Morgan fingerprint density at radius 2 is 2.00 bits per heavy atom. The van der Waals surface area contributed by atoms with Crippen molar-refractivity contribution in [3.63, 3.8) is 0 Å². The summed E-state index contributed by atoms with van der Waals surface area (Å²) in [5, 5.41) is 0. The number of ether oxygens (including phenoxy) is 1. The van der Waals surface area contributed by atoms with Crippen molar-refractivity contribution < 1.29 is 4.74 Å². The molecular weight excluding hydrogens is 236 g/mol. The molecule has 1 unspecified atom stereocenters. The highest BCUT2D eigenvalue weighted by Crippen LogP contribution is 2.28. The lowest BCUT2D eigenvalue weighted by molar-refractivity contribution is 0.131. The van der Waals surface area contributed by atoms with Gasteiger partial charge in [0, 0.05) is 31.9 Å². The van der Waals surface area contributed by atoms with Gasteiger partial charge < -0.3 is 15.4 Å². The zero-order valence-electron chi connectivity index (χ0n) is 12.1. The lowest BCUT2D eigenvalue weighted by Gasteiger charge is -2.19. The summed E-state index contributed by atoms with van der Waals surface area (Å²) in [5.74, 6) is 0.850. The summed E-state index contributed by atoms with van der Waals surface area (Å²) in [6.45, 7) is 4.74. The highest BCUT2D eigenvalue weighted by molar-refractivity contribution is 5.46. The number of anilines is 1. The van der Waals surface area contributed by atoms with Gasteiger partial charge in [-0.05, 0) is 49.8 Å². The van der Waals surface area contributed by atoms with Crippen molar-refractivity contribution in [3.8, 4) is 0 Å². The van der Waals surface area contributed by atoms with Crippen molar-refractivity contribution in [2.45, 2.75) is 32.2 Å². The van der Waals surface area contributed by atoms with Gasteiger partial charge >= 0.3 is 0 Å². The van der Waals surface area contributed by atoms with Crippen LogP contribution in [-0.4, -0.2) is 32.8 Å². The molecule has 1 aliphatic carbocycles. The molecule has 106 valence electrons. The van der Waals surface area contributed by atoms with E-state index in [1.54, 1.807) is 0 Å². The Bertz CT molecular complexity index is 371. The van der Waals surface area contributed by atoms with E-state index in [1.807, 2.05) is 6.92 Å². The molecule has 0 radical (unpaired) electrons. The first-order valence-corrected chi connectivity index (χ1v) is 7.28. The second kappa shape index (κ2) is 6.92. The number of benzene rings is 1. The van der Waals surface area contributed by atoms with Gasteiger partial charge in [-0.25, -0.2) is 0 Å². The molecule has 0 heterocycles. The van der Waals surface area contributed by atoms with Crippen LogP contribution in [0.4, 0.5) is 5.69 Å². The molecule has 3 nitrogen and oxygen atoms in total. The summed E-state index contributed by atoms with van der Waals surface area (Å²) in [7, 11) is 2.11. The maximum absolute atomic E-state index is 5.81. The van der Waals surface area contributed by atoms with Crippen LogP contribution in [-0.2, 0) is 11.2 Å². The third-order valence-corrected chi connectivity index (χ3v) is 3.56. The van der Waals surface area contributed by atoms with E-state index in [-0.39, 0.29) is 6.04 Å². The zero-order chi connectivity index (χ0) is 13.7. The van der Waals surface area contributed by atoms with Gasteiger partial charge in [-0.15, -0.1) is 0 Å². The van der Waals surface area contributed by atoms with Gasteiger partial charge in [-0.3, -0.25) is 0 Å². The van der Waals surface area contributed by atoms with E-state index in [1.165, 1.54) is 24.1 Å². The van der Waals surface area contributed by atoms with E-state index < -0.39 is 0 Å². The van der Waals surface area contributed by atoms with Gasteiger partial charge in [-0.2, -0.15) is 0 Å². The highest BCUT2D eigenvalue weighted by Gasteiger charge is 2.20. The van der Waals surface area contributed by atoms with Crippen molar-refractivity contribution in [1.82, 2.24) is 0 Å². The van der Waals surface area contributed by atoms with Gasteiger partial charge in [0.2, 0.25) is 0 Å². The molecule has 2 N–H and O–H groups in total. The van der Waals surface area contributed by atoms with Crippen molar-refractivity contribution in [2.75, 3.05) is 31.7 Å². The van der Waals surface area contributed by atoms with Gasteiger partial charge in [0.25, 0.3) is 0 Å². The molecule has 0 saturated heterocycles. The van der Waals surface area contributed by atoms with Gasteiger partial charge in [0.05, 0.1) is 6.61 Å². The maximum Gasteiger partial charge on any atom is 0.0641 e. The standard InChI is InChI=1S/C16H26N2O/c1-13(17)11-14-5-7-16(8-6-14)18(2)9-10-19-12-15-3-4-15/h5-8,13,15H,3-4,9-12,17H2,1-2H3. The summed E-state index contributed by atoms with van der Waals surface area (Å²) in [5.41, 5.74) is 8.35. The molecule has 3 heteroatoms. The molecule has 1 saturated carbocycles. The first-order valence-electron chi connectivity index (χ1n) is 7.28. The minimum absolute atomic E-state index is 0.222. The summed E-state index contributed by atoms with van der Waals surface area (Å²) >= 11 is 0. The molecule has 1 atom stereocenters. The van der Waals surface area contributed by atoms with E-state index in [2.05, 4.69) is 36.2 Å². The van der Waals surface area contributed by atoms with Gasteiger partial charge in [-0.1, -0.05) is 12.1 Å². The number of rotatable bonds is 8. The van der Waals surface area contributed by atoms with Crippen LogP contribution >= 0.6 is 0 Å². The van der Waals surface area contributed by atoms with Crippen LogP contribution in [0, 0.1) is 5.92 Å². The fourth-order valence-corrected chi connectivity index (χ4v) is 2.12. The third kappa shape index (κ3) is 5.21. The molecule has 1 aromatic carbocycles. The molecule has 19 heavy (non-hydrogen) atoms. The second-order valence-electron chi connectivity index (χ2n) is 5.79. The van der Waals surface area contributed by atoms with Crippen LogP contribution in [0.1, 0.15) is 25.3 Å². The van der Waals surface area contributed by atoms with E-state index in [0.717, 1.165) is 32.1 Å². The molecule has 0 spiro atoms. The minimum Gasteiger partial charge on any atom is -0.379 e. The van der Waals surface area contributed by atoms with Crippen LogP contribution in [0.5, 0.6) is 0 Å². The summed E-state index contributed by atoms with van der Waals surface area (Å²) in [6, 6.07) is 8.89. The van der Waals surface area contributed by atoms with E-state index in [0.29, 0.717) is 0 Å². The molecule has 2 rings (SSSR count). The lowest BCUT2D eigenvalue weighted by atomic mass is 10.1. The zero-order valence-corrected chi connectivity index (χ0v) is 12.1. The van der Waals surface area contributed by atoms with Crippen molar-refractivity contribution >= 4 is 5.69 Å². The second-order valence-corrected chi connectivity index (χ2v) is 5.79. The molecule has 0 aliphatic heterocycles. The Labute approximate surface area is 116 Å². The average Bonchev–Trinajstić information content (AvgIpc) is 3.18. The Morgan fingerprint density at radius 3 is 2.58 bits per heavy atom. The van der Waals surface area contributed by atoms with Crippen molar-refractivity contribution in [3.05, 3.63) is 29.8 Å². The van der Waals surface area contributed by atoms with E-state index in [9.17, 15) is 0 Å². The van der Waals surface area contributed by atoms with E-state index >= 15 is 0 Å². The SMILES string of the molecule is CC(N)Cc1ccc(N(C)CCOCC2CC2)cc1. The lowest BCUT2D eigenvalue weighted by Crippen LogP contribution is -2.23. The normalized spacial score (nSPS) is 16.4. The summed E-state index contributed by atoms with van der Waals surface area (Å²) in [4.78, 5) is 2.24. The Hall–Kier alpha value is -1.06. The number of nitrogens with zero attached hydrogens (tertiary/aromatic N) is 1. The number of hydrogen-bond donors (Lipinski definition) is 1. The summed E-state index contributed by atoms with van der Waals surface area (Å²) in [6.07, 6.45) is 3.65. The largest absolute Gasteiger partial charge is 0.379 e. The average molecular weight is 262 g/mol. The predicted molar refractivity (Wildman–Crippen MR) is 80.6 cm³/mol. The monoisotopic (exact) mass is 262 g/mol. The number of nitrogens with two attached hydrogens (primary N) is 1. The number of hydrogen-bond acceptors (Lipinski definition) is 3. The topological polar surface area (TPSA) is 38.5 Å². The molecule has 1 aliphatic rings. The predicted octanol–water partition coefficient (Wildman–Crippen LogP) is 2.44. The third-order valence-electron chi connectivity index (χ3n) is 3.56. The Morgan fingerprint density at radius 1 is 1.32 bits per heavy atom. The molecule has 1 fully saturated rings. The highest BCUT2D eigenvalue weighted by atomic mass is 16.5. The van der Waals surface area contributed by atoms with E-state index in [4.69, 9.17) is 10.5 Å². The molecule has 0 aromatic heterocycles. The van der Waals surface area contributed by atoms with Crippen molar-refractivity contribution in [2.24, 2.45) is 11.7 Å². The van der Waals surface area contributed by atoms with Crippen LogP contribution in [0.2, 0.25) is 0 Å². The molecule has 0 bridgehead atoms. The van der Waals surface area contributed by atoms with Gasteiger partial charge in [0.15, 0.2) is 0 Å². The Balaban J connectivity index is 1.72. The fourth-order valence-electron chi connectivity index (χ4n) is 2.12. The number of likely N-dealkylation sites (N-methyl/N-ethyl adjacent to an activating group) is 1. The maximum atomic E-state index is 5.81. The van der Waals surface area contributed by atoms with Crippen LogP contribution in [0.3, 0.4) is 0 Å². The first kappa shape index (κ1) is 14.4. The molecule has 0 amide bonds. The van der Waals surface area contributed by atoms with Crippen LogP contribution < -0.4 is 10.6 Å². The molecular formula is C16H26N2O. The molecule has 1 aromatic rings.